The van der Waals surface area contributed by atoms with Gasteiger partial charge in [-0.1, -0.05) is 37.3 Å². The molecule has 2 nitrogen and oxygen atoms in total. The van der Waals surface area contributed by atoms with Gasteiger partial charge in [-0.3, -0.25) is 4.79 Å². The highest BCUT2D eigenvalue weighted by Crippen LogP contribution is 2.19. The average molecular weight is 215 g/mol. The SMILES string of the molecule is CC1CC(=O)C=C(NCc2ccccc2)C1. The van der Waals surface area contributed by atoms with Gasteiger partial charge < -0.3 is 5.32 Å². The molecule has 1 aromatic rings. The van der Waals surface area contributed by atoms with Crippen LogP contribution in [0.2, 0.25) is 0 Å². The third-order valence-electron chi connectivity index (χ3n) is 2.82. The lowest BCUT2D eigenvalue weighted by Crippen LogP contribution is -2.21. The predicted octanol–water partition coefficient (Wildman–Crippen LogP) is 2.66. The number of rotatable bonds is 3. The molecule has 0 saturated heterocycles. The standard InChI is InChI=1S/C14H17NO/c1-11-7-13(9-14(16)8-11)15-10-12-5-3-2-4-6-12/h2-6,9,11,15H,7-8,10H2,1H3. The molecule has 0 saturated carbocycles. The molecule has 0 aromatic heterocycles. The van der Waals surface area contributed by atoms with Crippen LogP contribution in [0.5, 0.6) is 0 Å². The summed E-state index contributed by atoms with van der Waals surface area (Å²) in [5, 5.41) is 3.34. The van der Waals surface area contributed by atoms with Crippen LogP contribution in [0.25, 0.3) is 0 Å². The van der Waals surface area contributed by atoms with Crippen molar-refractivity contribution in [1.82, 2.24) is 5.32 Å². The number of hydrogen-bond acceptors (Lipinski definition) is 2. The Morgan fingerprint density at radius 3 is 2.69 bits per heavy atom. The smallest absolute Gasteiger partial charge is 0.157 e. The number of ketones is 1. The van der Waals surface area contributed by atoms with E-state index in [1.807, 2.05) is 18.2 Å². The summed E-state index contributed by atoms with van der Waals surface area (Å²) in [6.07, 6.45) is 3.43. The van der Waals surface area contributed by atoms with Crippen LogP contribution in [0.1, 0.15) is 25.3 Å². The molecule has 0 radical (unpaired) electrons. The van der Waals surface area contributed by atoms with Crippen molar-refractivity contribution < 1.29 is 4.79 Å². The van der Waals surface area contributed by atoms with Crippen molar-refractivity contribution in [3.8, 4) is 0 Å². The first kappa shape index (κ1) is 10.9. The number of hydrogen-bond donors (Lipinski definition) is 1. The van der Waals surface area contributed by atoms with Gasteiger partial charge in [-0.15, -0.1) is 0 Å². The zero-order valence-electron chi connectivity index (χ0n) is 9.57. The van der Waals surface area contributed by atoms with Gasteiger partial charge >= 0.3 is 0 Å². The monoisotopic (exact) mass is 215 g/mol. The van der Waals surface area contributed by atoms with Crippen molar-refractivity contribution in [2.75, 3.05) is 0 Å². The molecular weight excluding hydrogens is 198 g/mol. The first-order chi connectivity index (χ1) is 7.74. The summed E-state index contributed by atoms with van der Waals surface area (Å²) in [6, 6.07) is 10.2. The van der Waals surface area contributed by atoms with E-state index in [-0.39, 0.29) is 5.78 Å². The summed E-state index contributed by atoms with van der Waals surface area (Å²) in [6.45, 7) is 2.92. The molecule has 0 heterocycles. The van der Waals surface area contributed by atoms with Gasteiger partial charge in [0.15, 0.2) is 5.78 Å². The van der Waals surface area contributed by atoms with E-state index in [0.29, 0.717) is 12.3 Å². The first-order valence-corrected chi connectivity index (χ1v) is 5.75. The van der Waals surface area contributed by atoms with Gasteiger partial charge in [-0.05, 0) is 17.9 Å². The third kappa shape index (κ3) is 2.96. The fraction of sp³-hybridized carbons (Fsp3) is 0.357. The minimum atomic E-state index is 0.245. The molecule has 0 aliphatic heterocycles. The summed E-state index contributed by atoms with van der Waals surface area (Å²) in [5.74, 6) is 0.713. The van der Waals surface area contributed by atoms with E-state index in [1.165, 1.54) is 5.56 Å². The Hall–Kier alpha value is -1.57. The van der Waals surface area contributed by atoms with E-state index in [0.717, 1.165) is 18.7 Å². The maximum atomic E-state index is 11.4. The zero-order chi connectivity index (χ0) is 11.4. The van der Waals surface area contributed by atoms with Crippen LogP contribution in [-0.4, -0.2) is 5.78 Å². The molecule has 1 aliphatic carbocycles. The van der Waals surface area contributed by atoms with E-state index in [2.05, 4.69) is 24.4 Å². The molecule has 1 aliphatic rings. The van der Waals surface area contributed by atoms with Gasteiger partial charge in [-0.25, -0.2) is 0 Å². The fourth-order valence-corrected chi connectivity index (χ4v) is 2.04. The normalized spacial score (nSPS) is 20.4. The highest BCUT2D eigenvalue weighted by atomic mass is 16.1. The van der Waals surface area contributed by atoms with E-state index in [9.17, 15) is 4.79 Å². The second-order valence-electron chi connectivity index (χ2n) is 4.49. The molecule has 2 rings (SSSR count). The van der Waals surface area contributed by atoms with Crippen LogP contribution in [-0.2, 0) is 11.3 Å². The van der Waals surface area contributed by atoms with Crippen molar-refractivity contribution in [3.05, 3.63) is 47.7 Å². The Bertz CT molecular complexity index is 394. The fourth-order valence-electron chi connectivity index (χ4n) is 2.04. The summed E-state index contributed by atoms with van der Waals surface area (Å²) < 4.78 is 0. The van der Waals surface area contributed by atoms with Crippen LogP contribution >= 0.6 is 0 Å². The summed E-state index contributed by atoms with van der Waals surface area (Å²) in [4.78, 5) is 11.4. The maximum absolute atomic E-state index is 11.4. The summed E-state index contributed by atoms with van der Waals surface area (Å²) in [5.41, 5.74) is 2.32. The summed E-state index contributed by atoms with van der Waals surface area (Å²) in [7, 11) is 0. The molecule has 0 amide bonds. The number of allylic oxidation sites excluding steroid dienone is 2. The average Bonchev–Trinajstić information content (AvgIpc) is 2.27. The van der Waals surface area contributed by atoms with Gasteiger partial charge in [0, 0.05) is 24.7 Å². The van der Waals surface area contributed by atoms with Gasteiger partial charge in [0.1, 0.15) is 0 Å². The topological polar surface area (TPSA) is 29.1 Å². The van der Waals surface area contributed by atoms with Crippen molar-refractivity contribution in [3.63, 3.8) is 0 Å². The lowest BCUT2D eigenvalue weighted by molar-refractivity contribution is -0.115. The van der Waals surface area contributed by atoms with Crippen molar-refractivity contribution >= 4 is 5.78 Å². The van der Waals surface area contributed by atoms with E-state index in [4.69, 9.17) is 0 Å². The largest absolute Gasteiger partial charge is 0.384 e. The van der Waals surface area contributed by atoms with Crippen LogP contribution in [0.4, 0.5) is 0 Å². The van der Waals surface area contributed by atoms with Crippen molar-refractivity contribution in [2.24, 2.45) is 5.92 Å². The predicted molar refractivity (Wildman–Crippen MR) is 64.8 cm³/mol. The van der Waals surface area contributed by atoms with Gasteiger partial charge in [0.25, 0.3) is 0 Å². The minimum absolute atomic E-state index is 0.245. The molecule has 84 valence electrons. The quantitative estimate of drug-likeness (QED) is 0.839. The number of nitrogens with one attached hydrogen (secondary N) is 1. The number of carbonyl (C=O) groups excluding carboxylic acids is 1. The molecule has 1 N–H and O–H groups in total. The van der Waals surface area contributed by atoms with Crippen molar-refractivity contribution in [1.29, 1.82) is 0 Å². The molecule has 16 heavy (non-hydrogen) atoms. The highest BCUT2D eigenvalue weighted by Gasteiger charge is 2.16. The van der Waals surface area contributed by atoms with Gasteiger partial charge in [-0.2, -0.15) is 0 Å². The van der Waals surface area contributed by atoms with E-state index in [1.54, 1.807) is 6.08 Å². The summed E-state index contributed by atoms with van der Waals surface area (Å²) >= 11 is 0. The van der Waals surface area contributed by atoms with E-state index < -0.39 is 0 Å². The zero-order valence-corrected chi connectivity index (χ0v) is 9.57. The second kappa shape index (κ2) is 4.97. The van der Waals surface area contributed by atoms with Crippen LogP contribution in [0.3, 0.4) is 0 Å². The van der Waals surface area contributed by atoms with Crippen LogP contribution in [0, 0.1) is 5.92 Å². The Balaban J connectivity index is 1.93. The lowest BCUT2D eigenvalue weighted by atomic mass is 9.93. The molecule has 1 aromatic carbocycles. The van der Waals surface area contributed by atoms with Crippen LogP contribution < -0.4 is 5.32 Å². The molecule has 1 unspecified atom stereocenters. The minimum Gasteiger partial charge on any atom is -0.384 e. The van der Waals surface area contributed by atoms with Gasteiger partial charge in [0.2, 0.25) is 0 Å². The Labute approximate surface area is 96.4 Å². The Kier molecular flexibility index (Phi) is 3.40. The number of benzene rings is 1. The van der Waals surface area contributed by atoms with Crippen molar-refractivity contribution in [2.45, 2.75) is 26.3 Å². The molecule has 0 spiro atoms. The number of carbonyl (C=O) groups is 1. The highest BCUT2D eigenvalue weighted by molar-refractivity contribution is 5.91. The lowest BCUT2D eigenvalue weighted by Gasteiger charge is -2.19. The Morgan fingerprint density at radius 1 is 1.25 bits per heavy atom. The Morgan fingerprint density at radius 2 is 2.00 bits per heavy atom. The maximum Gasteiger partial charge on any atom is 0.157 e. The molecular formula is C14H17NO. The molecule has 2 heteroatoms. The third-order valence-corrected chi connectivity index (χ3v) is 2.82. The first-order valence-electron chi connectivity index (χ1n) is 5.75. The van der Waals surface area contributed by atoms with Crippen LogP contribution in [0.15, 0.2) is 42.1 Å². The second-order valence-corrected chi connectivity index (χ2v) is 4.49. The van der Waals surface area contributed by atoms with Gasteiger partial charge in [0.05, 0.1) is 0 Å². The molecule has 0 bridgehead atoms. The van der Waals surface area contributed by atoms with E-state index >= 15 is 0 Å². The molecule has 0 fully saturated rings. The molecule has 1 atom stereocenters.